The third kappa shape index (κ3) is 4.75. The van der Waals surface area contributed by atoms with Crippen LogP contribution in [-0.2, 0) is 30.2 Å². The van der Waals surface area contributed by atoms with Gasteiger partial charge in [0.25, 0.3) is 0 Å². The number of hydrogen-bond donors (Lipinski definition) is 1. The van der Waals surface area contributed by atoms with Crippen molar-refractivity contribution in [3.8, 4) is 0 Å². The largest absolute Gasteiger partial charge is 0.480 e. The van der Waals surface area contributed by atoms with Crippen LogP contribution in [0.1, 0.15) is 40.6 Å². The zero-order valence-electron chi connectivity index (χ0n) is 19.1. The number of nitrogens with zero attached hydrogens (tertiary/aromatic N) is 2. The number of fused-ring (bicyclic) bond motifs is 2. The average molecular weight is 491 g/mol. The van der Waals surface area contributed by atoms with Gasteiger partial charge in [0.15, 0.2) is 5.58 Å². The molecule has 0 spiro atoms. The highest BCUT2D eigenvalue weighted by atomic mass is 32.1. The van der Waals surface area contributed by atoms with E-state index in [4.69, 9.17) is 9.63 Å². The third-order valence-corrected chi connectivity index (χ3v) is 7.19. The molecular formula is C25H25F3N2O3S. The number of halogens is 3. The highest BCUT2D eigenvalue weighted by molar-refractivity contribution is 7.19. The van der Waals surface area contributed by atoms with Gasteiger partial charge in [-0.3, -0.25) is 4.79 Å². The highest BCUT2D eigenvalue weighted by Gasteiger charge is 2.31. The predicted octanol–water partition coefficient (Wildman–Crippen LogP) is 6.63. The number of aliphatic carboxylic acids is 1. The second-order valence-electron chi connectivity index (χ2n) is 8.48. The van der Waals surface area contributed by atoms with Crippen molar-refractivity contribution in [3.63, 3.8) is 0 Å². The number of likely N-dealkylation sites (N-methyl/N-ethyl adjacent to an activating group) is 1. The van der Waals surface area contributed by atoms with Crippen molar-refractivity contribution < 1.29 is 27.6 Å². The van der Waals surface area contributed by atoms with Crippen LogP contribution < -0.4 is 4.90 Å². The SMILES string of the molecule is CCCc1c(CCc2noc3cc(N(C)CC(=O)O)c(C)cc23)sc2cc(C(F)(F)F)ccc12. The number of carboxylic acid groups (broad SMARTS) is 1. The van der Waals surface area contributed by atoms with E-state index in [9.17, 15) is 18.0 Å². The first-order valence-electron chi connectivity index (χ1n) is 11.0. The van der Waals surface area contributed by atoms with Gasteiger partial charge in [0.05, 0.1) is 11.3 Å². The quantitative estimate of drug-likeness (QED) is 0.300. The Morgan fingerprint density at radius 1 is 1.15 bits per heavy atom. The Labute approximate surface area is 198 Å². The minimum atomic E-state index is -4.36. The van der Waals surface area contributed by atoms with Crippen LogP contribution in [0.4, 0.5) is 18.9 Å². The van der Waals surface area contributed by atoms with E-state index < -0.39 is 17.7 Å². The Hall–Kier alpha value is -3.07. The summed E-state index contributed by atoms with van der Waals surface area (Å²) >= 11 is 1.42. The van der Waals surface area contributed by atoms with Crippen molar-refractivity contribution in [2.75, 3.05) is 18.5 Å². The summed E-state index contributed by atoms with van der Waals surface area (Å²) in [6.45, 7) is 3.84. The lowest BCUT2D eigenvalue weighted by molar-refractivity contribution is -0.137. The molecule has 0 unspecified atom stereocenters. The second kappa shape index (κ2) is 9.29. The van der Waals surface area contributed by atoms with Gasteiger partial charge in [-0.1, -0.05) is 24.6 Å². The van der Waals surface area contributed by atoms with Gasteiger partial charge < -0.3 is 14.5 Å². The topological polar surface area (TPSA) is 66.6 Å². The maximum atomic E-state index is 13.2. The summed E-state index contributed by atoms with van der Waals surface area (Å²) in [7, 11) is 1.71. The smallest absolute Gasteiger partial charge is 0.416 e. The molecule has 34 heavy (non-hydrogen) atoms. The first-order chi connectivity index (χ1) is 16.1. The summed E-state index contributed by atoms with van der Waals surface area (Å²) in [5.74, 6) is -0.922. The third-order valence-electron chi connectivity index (χ3n) is 5.94. The van der Waals surface area contributed by atoms with Crippen LogP contribution in [0.2, 0.25) is 0 Å². The van der Waals surface area contributed by atoms with Crippen molar-refractivity contribution in [3.05, 3.63) is 57.6 Å². The van der Waals surface area contributed by atoms with Gasteiger partial charge in [-0.05, 0) is 60.9 Å². The molecule has 2 aromatic carbocycles. The van der Waals surface area contributed by atoms with Crippen LogP contribution >= 0.6 is 11.3 Å². The first-order valence-corrected chi connectivity index (χ1v) is 11.8. The van der Waals surface area contributed by atoms with Gasteiger partial charge >= 0.3 is 12.1 Å². The van der Waals surface area contributed by atoms with Gasteiger partial charge in [-0.25, -0.2) is 0 Å². The van der Waals surface area contributed by atoms with Crippen LogP contribution in [0, 0.1) is 6.92 Å². The van der Waals surface area contributed by atoms with E-state index in [0.717, 1.165) is 57.1 Å². The predicted molar refractivity (Wildman–Crippen MR) is 128 cm³/mol. The van der Waals surface area contributed by atoms with Crippen molar-refractivity contribution in [1.29, 1.82) is 0 Å². The molecule has 0 radical (unpaired) electrons. The number of benzene rings is 2. The van der Waals surface area contributed by atoms with Gasteiger partial charge in [0, 0.05) is 33.8 Å². The molecule has 0 fully saturated rings. The molecule has 0 aliphatic carbocycles. The van der Waals surface area contributed by atoms with Crippen molar-refractivity contribution in [1.82, 2.24) is 5.16 Å². The highest BCUT2D eigenvalue weighted by Crippen LogP contribution is 2.38. The molecule has 0 aliphatic rings. The minimum Gasteiger partial charge on any atom is -0.480 e. The van der Waals surface area contributed by atoms with Crippen molar-refractivity contribution in [2.45, 2.75) is 45.7 Å². The molecule has 0 amide bonds. The Balaban J connectivity index is 1.63. The maximum Gasteiger partial charge on any atom is 0.416 e. The Morgan fingerprint density at radius 2 is 1.91 bits per heavy atom. The lowest BCUT2D eigenvalue weighted by Crippen LogP contribution is -2.25. The first kappa shape index (κ1) is 24.1. The summed E-state index contributed by atoms with van der Waals surface area (Å²) in [5, 5.41) is 15.1. The maximum absolute atomic E-state index is 13.2. The summed E-state index contributed by atoms with van der Waals surface area (Å²) in [6, 6.07) is 7.73. The zero-order chi connectivity index (χ0) is 24.6. The van der Waals surface area contributed by atoms with E-state index in [2.05, 4.69) is 12.1 Å². The van der Waals surface area contributed by atoms with E-state index in [1.165, 1.54) is 17.4 Å². The molecule has 4 aromatic rings. The monoisotopic (exact) mass is 490 g/mol. The number of hydrogen-bond acceptors (Lipinski definition) is 5. The fourth-order valence-corrected chi connectivity index (χ4v) is 5.64. The molecule has 2 heterocycles. The van der Waals surface area contributed by atoms with Gasteiger partial charge in [-0.2, -0.15) is 13.2 Å². The molecule has 0 saturated carbocycles. The zero-order valence-corrected chi connectivity index (χ0v) is 19.9. The molecule has 180 valence electrons. The van der Waals surface area contributed by atoms with Crippen molar-refractivity contribution >= 4 is 44.0 Å². The molecule has 9 heteroatoms. The second-order valence-corrected chi connectivity index (χ2v) is 9.61. The minimum absolute atomic E-state index is 0.129. The van der Waals surface area contributed by atoms with Gasteiger partial charge in [-0.15, -0.1) is 11.3 Å². The lowest BCUT2D eigenvalue weighted by Gasteiger charge is -2.18. The van der Waals surface area contributed by atoms with Gasteiger partial charge in [0.2, 0.25) is 0 Å². The number of aryl methyl sites for hydroxylation is 4. The van der Waals surface area contributed by atoms with Crippen molar-refractivity contribution in [2.24, 2.45) is 0 Å². The van der Waals surface area contributed by atoms with Crippen LogP contribution in [-0.4, -0.2) is 29.8 Å². The van der Waals surface area contributed by atoms with E-state index in [-0.39, 0.29) is 6.54 Å². The normalized spacial score (nSPS) is 12.1. The molecule has 0 aliphatic heterocycles. The standard InChI is InChI=1S/C25H25F3N2O3S/c1-4-5-16-17-7-6-15(25(26,27)28)11-23(17)34-22(16)9-8-19-18-10-14(2)20(12-21(18)33-29-19)30(3)13-24(31)32/h6-7,10-12H,4-5,8-9,13H2,1-3H3,(H,31,32). The molecule has 2 aromatic heterocycles. The lowest BCUT2D eigenvalue weighted by atomic mass is 10.0. The number of anilines is 1. The van der Waals surface area contributed by atoms with E-state index in [0.29, 0.717) is 23.1 Å². The van der Waals surface area contributed by atoms with E-state index >= 15 is 0 Å². The molecule has 5 nitrogen and oxygen atoms in total. The van der Waals surface area contributed by atoms with Crippen LogP contribution in [0.5, 0.6) is 0 Å². The molecule has 0 atom stereocenters. The van der Waals surface area contributed by atoms with Gasteiger partial charge in [0.1, 0.15) is 6.54 Å². The summed E-state index contributed by atoms with van der Waals surface area (Å²) in [5.41, 5.74) is 3.51. The summed E-state index contributed by atoms with van der Waals surface area (Å²) in [6.07, 6.45) is -1.42. The molecule has 0 bridgehead atoms. The summed E-state index contributed by atoms with van der Waals surface area (Å²) in [4.78, 5) is 13.8. The number of aromatic nitrogens is 1. The summed E-state index contributed by atoms with van der Waals surface area (Å²) < 4.78 is 45.7. The average Bonchev–Trinajstić information content (AvgIpc) is 3.31. The fourth-order valence-electron chi connectivity index (χ4n) is 4.35. The number of carboxylic acids is 1. The van der Waals surface area contributed by atoms with Crippen LogP contribution in [0.25, 0.3) is 21.1 Å². The number of carbonyl (C=O) groups is 1. The molecule has 1 N–H and O–H groups in total. The van der Waals surface area contributed by atoms with E-state index in [1.54, 1.807) is 24.1 Å². The molecule has 0 saturated heterocycles. The number of rotatable bonds is 8. The Kier molecular flexibility index (Phi) is 6.58. The molecule has 4 rings (SSSR count). The number of thiophene rings is 1. The van der Waals surface area contributed by atoms with Crippen LogP contribution in [0.15, 0.2) is 34.9 Å². The molecular weight excluding hydrogens is 465 g/mol. The van der Waals surface area contributed by atoms with Crippen LogP contribution in [0.3, 0.4) is 0 Å². The Bertz CT molecular complexity index is 1360. The fraction of sp³-hybridized carbons (Fsp3) is 0.360. The Morgan fingerprint density at radius 3 is 2.59 bits per heavy atom. The van der Waals surface area contributed by atoms with E-state index in [1.807, 2.05) is 13.0 Å². The number of alkyl halides is 3.